The first-order valence-corrected chi connectivity index (χ1v) is 10.1. The smallest absolute Gasteiger partial charge is 0.133 e. The lowest BCUT2D eigenvalue weighted by atomic mass is 9.44. The van der Waals surface area contributed by atoms with Crippen molar-refractivity contribution in [2.45, 2.75) is 84.3 Å². The second-order valence-corrected chi connectivity index (χ2v) is 10.0. The summed E-state index contributed by atoms with van der Waals surface area (Å²) < 4.78 is 0. The van der Waals surface area contributed by atoms with E-state index in [0.717, 1.165) is 38.5 Å². The highest BCUT2D eigenvalue weighted by Crippen LogP contribution is 2.67. The van der Waals surface area contributed by atoms with Crippen LogP contribution in [0, 0.1) is 40.4 Å². The molecule has 4 rings (SSSR count). The van der Waals surface area contributed by atoms with Crippen LogP contribution in [0.4, 0.5) is 0 Å². The maximum atomic E-state index is 12.2. The number of carbonyl (C=O) groups excluding carboxylic acids is 1. The van der Waals surface area contributed by atoms with Crippen LogP contribution < -0.4 is 0 Å². The summed E-state index contributed by atoms with van der Waals surface area (Å²) in [6.07, 6.45) is 7.80. The number of aliphatic hydroxyl groups is 2. The van der Waals surface area contributed by atoms with Crippen molar-refractivity contribution in [2.75, 3.05) is 0 Å². The van der Waals surface area contributed by atoms with E-state index in [1.807, 2.05) is 0 Å². The molecule has 4 aliphatic rings. The molecule has 0 aliphatic heterocycles. The van der Waals surface area contributed by atoms with Gasteiger partial charge in [-0.15, -0.1) is 0 Å². The summed E-state index contributed by atoms with van der Waals surface area (Å²) in [7, 11) is 0. The van der Waals surface area contributed by atoms with Gasteiger partial charge in [0.2, 0.25) is 0 Å². The number of rotatable bonds is 1. The van der Waals surface area contributed by atoms with Crippen LogP contribution in [-0.2, 0) is 4.79 Å². The first kappa shape index (κ1) is 17.0. The molecule has 136 valence electrons. The Morgan fingerprint density at radius 2 is 1.75 bits per heavy atom. The molecule has 0 aromatic rings. The van der Waals surface area contributed by atoms with Crippen molar-refractivity contribution < 1.29 is 15.0 Å². The Morgan fingerprint density at radius 1 is 1.00 bits per heavy atom. The van der Waals surface area contributed by atoms with Gasteiger partial charge in [-0.3, -0.25) is 4.79 Å². The summed E-state index contributed by atoms with van der Waals surface area (Å²) in [5.41, 5.74) is 0.182. The Labute approximate surface area is 146 Å². The molecule has 24 heavy (non-hydrogen) atoms. The van der Waals surface area contributed by atoms with Gasteiger partial charge in [-0.05, 0) is 92.8 Å². The van der Waals surface area contributed by atoms with Crippen LogP contribution in [0.5, 0.6) is 0 Å². The average molecular weight is 335 g/mol. The lowest BCUT2D eigenvalue weighted by Crippen LogP contribution is -2.59. The zero-order valence-electron chi connectivity index (χ0n) is 15.5. The molecule has 0 unspecified atom stereocenters. The zero-order chi connectivity index (χ0) is 17.3. The Balaban J connectivity index is 1.67. The molecular weight excluding hydrogens is 300 g/mol. The summed E-state index contributed by atoms with van der Waals surface area (Å²) in [6.45, 7) is 6.43. The summed E-state index contributed by atoms with van der Waals surface area (Å²) in [6, 6.07) is 0. The third-order valence-electron chi connectivity index (χ3n) is 9.06. The minimum atomic E-state index is -0.278. The highest BCUT2D eigenvalue weighted by molar-refractivity contribution is 5.79. The highest BCUT2D eigenvalue weighted by atomic mass is 16.3. The molecule has 4 fully saturated rings. The van der Waals surface area contributed by atoms with Crippen LogP contribution in [0.1, 0.15) is 72.1 Å². The van der Waals surface area contributed by atoms with Crippen molar-refractivity contribution in [1.29, 1.82) is 0 Å². The van der Waals surface area contributed by atoms with E-state index in [1.165, 1.54) is 12.8 Å². The van der Waals surface area contributed by atoms with Crippen molar-refractivity contribution >= 4 is 5.78 Å². The molecule has 0 amide bonds. The van der Waals surface area contributed by atoms with Crippen molar-refractivity contribution in [3.63, 3.8) is 0 Å². The monoisotopic (exact) mass is 334 g/mol. The summed E-state index contributed by atoms with van der Waals surface area (Å²) in [4.78, 5) is 12.2. The van der Waals surface area contributed by atoms with E-state index in [0.29, 0.717) is 29.5 Å². The SMILES string of the molecule is CC(=O)[C@H]1CC[C@H]2[C@@H]3CC[C@@H]4C[C@@H](O)CC[C@]4(C)[C@H]3[C@H](O)C[C@]12C. The topological polar surface area (TPSA) is 57.5 Å². The van der Waals surface area contributed by atoms with Crippen molar-refractivity contribution in [2.24, 2.45) is 40.4 Å². The fourth-order valence-corrected chi connectivity index (χ4v) is 8.03. The van der Waals surface area contributed by atoms with E-state index >= 15 is 0 Å². The van der Waals surface area contributed by atoms with Gasteiger partial charge in [-0.1, -0.05) is 13.8 Å². The molecule has 3 nitrogen and oxygen atoms in total. The van der Waals surface area contributed by atoms with Crippen LogP contribution in [-0.4, -0.2) is 28.2 Å². The molecule has 3 heteroatoms. The number of aliphatic hydroxyl groups excluding tert-OH is 2. The molecule has 0 bridgehead atoms. The molecule has 9 atom stereocenters. The van der Waals surface area contributed by atoms with Crippen LogP contribution in [0.2, 0.25) is 0 Å². The fourth-order valence-electron chi connectivity index (χ4n) is 8.03. The van der Waals surface area contributed by atoms with Crippen LogP contribution >= 0.6 is 0 Å². The van der Waals surface area contributed by atoms with E-state index in [9.17, 15) is 15.0 Å². The van der Waals surface area contributed by atoms with Crippen molar-refractivity contribution in [3.8, 4) is 0 Å². The summed E-state index contributed by atoms with van der Waals surface area (Å²) >= 11 is 0. The second-order valence-electron chi connectivity index (χ2n) is 10.0. The minimum Gasteiger partial charge on any atom is -0.393 e. The van der Waals surface area contributed by atoms with Gasteiger partial charge in [-0.2, -0.15) is 0 Å². The van der Waals surface area contributed by atoms with Gasteiger partial charge in [-0.25, -0.2) is 0 Å². The highest BCUT2D eigenvalue weighted by Gasteiger charge is 2.63. The molecule has 0 radical (unpaired) electrons. The number of hydrogen-bond donors (Lipinski definition) is 2. The van der Waals surface area contributed by atoms with E-state index in [-0.39, 0.29) is 29.0 Å². The van der Waals surface area contributed by atoms with E-state index in [1.54, 1.807) is 6.92 Å². The first-order valence-electron chi connectivity index (χ1n) is 10.1. The van der Waals surface area contributed by atoms with Gasteiger partial charge < -0.3 is 10.2 Å². The predicted octanol–water partition coefficient (Wildman–Crippen LogP) is 3.57. The third-order valence-corrected chi connectivity index (χ3v) is 9.06. The number of carbonyl (C=O) groups is 1. The van der Waals surface area contributed by atoms with Crippen molar-refractivity contribution in [1.82, 2.24) is 0 Å². The van der Waals surface area contributed by atoms with Crippen LogP contribution in [0.15, 0.2) is 0 Å². The third kappa shape index (κ3) is 2.19. The second kappa shape index (κ2) is 5.54. The molecular formula is C21H34O3. The van der Waals surface area contributed by atoms with Crippen LogP contribution in [0.3, 0.4) is 0 Å². The van der Waals surface area contributed by atoms with E-state index in [2.05, 4.69) is 13.8 Å². The molecule has 0 aromatic carbocycles. The maximum absolute atomic E-state index is 12.2. The lowest BCUT2D eigenvalue weighted by molar-refractivity contribution is -0.178. The largest absolute Gasteiger partial charge is 0.393 e. The number of hydrogen-bond acceptors (Lipinski definition) is 3. The Kier molecular flexibility index (Phi) is 3.93. The van der Waals surface area contributed by atoms with E-state index < -0.39 is 0 Å². The predicted molar refractivity (Wildman–Crippen MR) is 93.3 cm³/mol. The van der Waals surface area contributed by atoms with Crippen LogP contribution in [0.25, 0.3) is 0 Å². The van der Waals surface area contributed by atoms with Gasteiger partial charge in [0.1, 0.15) is 5.78 Å². The Bertz CT molecular complexity index is 531. The quantitative estimate of drug-likeness (QED) is 0.771. The molecule has 4 aliphatic carbocycles. The fraction of sp³-hybridized carbons (Fsp3) is 0.952. The standard InChI is InChI=1S/C21H34O3/c1-12(22)16-6-7-17-15-5-4-13-10-14(23)8-9-20(13,2)19(15)18(24)11-21(16,17)3/h13-19,23-24H,4-11H2,1-3H3/t13-,14+,15+,16-,17+,18-,19-,20+,21-/m1/s1. The minimum absolute atomic E-state index is 0.00376. The average Bonchev–Trinajstić information content (AvgIpc) is 2.84. The molecule has 0 spiro atoms. The van der Waals surface area contributed by atoms with E-state index in [4.69, 9.17) is 0 Å². The molecule has 0 saturated heterocycles. The van der Waals surface area contributed by atoms with Gasteiger partial charge in [0.05, 0.1) is 12.2 Å². The molecule has 4 saturated carbocycles. The van der Waals surface area contributed by atoms with Gasteiger partial charge in [0.15, 0.2) is 0 Å². The lowest BCUT2D eigenvalue weighted by Gasteiger charge is -2.62. The normalized spacial score (nSPS) is 57.0. The summed E-state index contributed by atoms with van der Waals surface area (Å²) in [5, 5.41) is 21.3. The Morgan fingerprint density at radius 3 is 2.46 bits per heavy atom. The first-order chi connectivity index (χ1) is 11.3. The maximum Gasteiger partial charge on any atom is 0.133 e. The Hall–Kier alpha value is -0.410. The molecule has 0 aromatic heterocycles. The molecule has 0 heterocycles. The van der Waals surface area contributed by atoms with Crippen molar-refractivity contribution in [3.05, 3.63) is 0 Å². The summed E-state index contributed by atoms with van der Waals surface area (Å²) in [5.74, 6) is 2.58. The zero-order valence-corrected chi connectivity index (χ0v) is 15.5. The number of Topliss-reactive ketones (excluding diaryl/α,β-unsaturated/α-hetero) is 1. The van der Waals surface area contributed by atoms with Gasteiger partial charge in [0.25, 0.3) is 0 Å². The number of ketones is 1. The molecule has 2 N–H and O–H groups in total. The number of fused-ring (bicyclic) bond motifs is 5. The van der Waals surface area contributed by atoms with Gasteiger partial charge in [0, 0.05) is 5.92 Å². The van der Waals surface area contributed by atoms with Gasteiger partial charge >= 0.3 is 0 Å².